The van der Waals surface area contributed by atoms with Crippen molar-refractivity contribution in [1.82, 2.24) is 14.7 Å². The van der Waals surface area contributed by atoms with Crippen LogP contribution in [0.3, 0.4) is 0 Å². The van der Waals surface area contributed by atoms with E-state index >= 15 is 0 Å². The van der Waals surface area contributed by atoms with Gasteiger partial charge in [0.2, 0.25) is 5.91 Å². The molecule has 0 atom stereocenters. The first-order valence-corrected chi connectivity index (χ1v) is 11.6. The Kier molecular flexibility index (Phi) is 7.76. The Bertz CT molecular complexity index is 1130. The second-order valence-corrected chi connectivity index (χ2v) is 9.98. The highest BCUT2D eigenvalue weighted by Gasteiger charge is 2.24. The Morgan fingerprint density at radius 3 is 2.26 bits per heavy atom. The molecule has 0 radical (unpaired) electrons. The van der Waals surface area contributed by atoms with Gasteiger partial charge in [-0.1, -0.05) is 71.0 Å². The maximum absolute atomic E-state index is 13.1. The number of hydrogen-bond donors (Lipinski definition) is 2. The molecule has 1 heterocycles. The predicted molar refractivity (Wildman–Crippen MR) is 138 cm³/mol. The molecule has 0 bridgehead atoms. The molecule has 0 spiro atoms. The maximum atomic E-state index is 13.1. The Balaban J connectivity index is 1.83. The molecule has 180 valence electrons. The molecule has 2 aromatic carbocycles. The van der Waals surface area contributed by atoms with E-state index in [1.165, 1.54) is 4.90 Å². The smallest absolute Gasteiger partial charge is 0.315 e. The fourth-order valence-corrected chi connectivity index (χ4v) is 3.56. The lowest BCUT2D eigenvalue weighted by Gasteiger charge is -2.24. The van der Waals surface area contributed by atoms with E-state index in [-0.39, 0.29) is 29.8 Å². The van der Waals surface area contributed by atoms with Crippen LogP contribution in [0.2, 0.25) is 0 Å². The average Bonchev–Trinajstić information content (AvgIpc) is 3.18. The molecule has 3 amide bonds. The van der Waals surface area contributed by atoms with Gasteiger partial charge >= 0.3 is 6.03 Å². The molecule has 3 aromatic rings. The largest absolute Gasteiger partial charge is 0.322 e. The molecule has 7 heteroatoms. The number of urea groups is 1. The van der Waals surface area contributed by atoms with Crippen LogP contribution >= 0.6 is 0 Å². The molecule has 0 aliphatic rings. The van der Waals surface area contributed by atoms with Gasteiger partial charge in [0, 0.05) is 23.7 Å². The minimum absolute atomic E-state index is 0.0688. The van der Waals surface area contributed by atoms with Crippen molar-refractivity contribution in [2.24, 2.45) is 5.92 Å². The fraction of sp³-hybridized carbons (Fsp3) is 0.370. The van der Waals surface area contributed by atoms with Crippen LogP contribution in [0.1, 0.15) is 45.9 Å². The highest BCUT2D eigenvalue weighted by atomic mass is 16.2. The van der Waals surface area contributed by atoms with Gasteiger partial charge in [0.25, 0.3) is 0 Å². The molecule has 0 fully saturated rings. The lowest BCUT2D eigenvalue weighted by Crippen LogP contribution is -2.42. The van der Waals surface area contributed by atoms with E-state index in [2.05, 4.69) is 31.4 Å². The maximum Gasteiger partial charge on any atom is 0.322 e. The lowest BCUT2D eigenvalue weighted by molar-refractivity contribution is -0.116. The Labute approximate surface area is 202 Å². The summed E-state index contributed by atoms with van der Waals surface area (Å²) in [6.45, 7) is 12.7. The standard InChI is InChI=1S/C27H35N5O2/c1-19(2)17-31(26(34)28-21-13-8-7-9-14-21)18-25(33)29-24-16-23(27(4,5)6)30-32(24)22-15-11-10-12-20(22)3/h7-16,19H,17-18H2,1-6H3,(H,28,34)(H,29,33). The van der Waals surface area contributed by atoms with Crippen LogP contribution in [0.5, 0.6) is 0 Å². The van der Waals surface area contributed by atoms with Crippen LogP contribution in [0.4, 0.5) is 16.3 Å². The number of benzene rings is 2. The SMILES string of the molecule is Cc1ccccc1-n1nc(C(C)(C)C)cc1NC(=O)CN(CC(C)C)C(=O)Nc1ccccc1. The topological polar surface area (TPSA) is 79.3 Å². The van der Waals surface area contributed by atoms with Gasteiger partial charge in [0.15, 0.2) is 0 Å². The van der Waals surface area contributed by atoms with Crippen molar-refractivity contribution in [1.29, 1.82) is 0 Å². The van der Waals surface area contributed by atoms with E-state index in [4.69, 9.17) is 5.10 Å². The summed E-state index contributed by atoms with van der Waals surface area (Å²) in [6, 6.07) is 18.7. The normalized spacial score (nSPS) is 11.4. The molecule has 0 aliphatic carbocycles. The van der Waals surface area contributed by atoms with Crippen LogP contribution in [0.15, 0.2) is 60.7 Å². The number of carbonyl (C=O) groups excluding carboxylic acids is 2. The molecule has 34 heavy (non-hydrogen) atoms. The van der Waals surface area contributed by atoms with Gasteiger partial charge in [-0.3, -0.25) is 4.79 Å². The number of aryl methyl sites for hydroxylation is 1. The molecule has 1 aromatic heterocycles. The van der Waals surface area contributed by atoms with Gasteiger partial charge in [0.1, 0.15) is 12.4 Å². The zero-order chi connectivity index (χ0) is 24.9. The van der Waals surface area contributed by atoms with E-state index in [1.54, 1.807) is 4.68 Å². The Morgan fingerprint density at radius 2 is 1.65 bits per heavy atom. The molecule has 7 nitrogen and oxygen atoms in total. The summed E-state index contributed by atoms with van der Waals surface area (Å²) in [5.74, 6) is 0.510. The fourth-order valence-electron chi connectivity index (χ4n) is 3.56. The van der Waals surface area contributed by atoms with Gasteiger partial charge in [-0.25, -0.2) is 9.48 Å². The Morgan fingerprint density at radius 1 is 1.00 bits per heavy atom. The summed E-state index contributed by atoms with van der Waals surface area (Å²) < 4.78 is 1.77. The van der Waals surface area contributed by atoms with Gasteiger partial charge in [-0.15, -0.1) is 0 Å². The molecule has 0 aliphatic heterocycles. The summed E-state index contributed by atoms with van der Waals surface area (Å²) in [7, 11) is 0. The zero-order valence-electron chi connectivity index (χ0n) is 20.9. The highest BCUT2D eigenvalue weighted by molar-refractivity contribution is 5.96. The number of anilines is 2. The third kappa shape index (κ3) is 6.47. The van der Waals surface area contributed by atoms with Crippen LogP contribution in [-0.2, 0) is 10.2 Å². The number of aromatic nitrogens is 2. The van der Waals surface area contributed by atoms with Crippen molar-refractivity contribution < 1.29 is 9.59 Å². The summed E-state index contributed by atoms with van der Waals surface area (Å²) in [5, 5.41) is 10.7. The molecule has 0 saturated carbocycles. The lowest BCUT2D eigenvalue weighted by atomic mass is 9.92. The van der Waals surface area contributed by atoms with Crippen molar-refractivity contribution in [3.05, 3.63) is 71.9 Å². The first-order chi connectivity index (χ1) is 16.0. The number of nitrogens with zero attached hydrogens (tertiary/aromatic N) is 3. The zero-order valence-corrected chi connectivity index (χ0v) is 20.9. The molecule has 0 saturated heterocycles. The van der Waals surface area contributed by atoms with Gasteiger partial charge < -0.3 is 15.5 Å². The minimum Gasteiger partial charge on any atom is -0.315 e. The summed E-state index contributed by atoms with van der Waals surface area (Å²) in [5.41, 5.74) is 3.31. The van der Waals surface area contributed by atoms with E-state index in [1.807, 2.05) is 81.4 Å². The quantitative estimate of drug-likeness (QED) is 0.480. The van der Waals surface area contributed by atoms with Crippen LogP contribution in [-0.4, -0.2) is 39.7 Å². The Hall–Kier alpha value is -3.61. The van der Waals surface area contributed by atoms with E-state index in [0.29, 0.717) is 18.1 Å². The number of amides is 3. The van der Waals surface area contributed by atoms with Crippen LogP contribution in [0.25, 0.3) is 5.69 Å². The van der Waals surface area contributed by atoms with Gasteiger partial charge in [-0.2, -0.15) is 5.10 Å². The summed E-state index contributed by atoms with van der Waals surface area (Å²) >= 11 is 0. The monoisotopic (exact) mass is 461 g/mol. The number of para-hydroxylation sites is 2. The minimum atomic E-state index is -0.308. The first-order valence-electron chi connectivity index (χ1n) is 11.6. The van der Waals surface area contributed by atoms with Crippen molar-refractivity contribution in [3.8, 4) is 5.69 Å². The molecular weight excluding hydrogens is 426 g/mol. The summed E-state index contributed by atoms with van der Waals surface area (Å²) in [4.78, 5) is 27.6. The second kappa shape index (κ2) is 10.5. The van der Waals surface area contributed by atoms with Crippen molar-refractivity contribution in [3.63, 3.8) is 0 Å². The molecule has 3 rings (SSSR count). The number of hydrogen-bond acceptors (Lipinski definition) is 3. The average molecular weight is 462 g/mol. The van der Waals surface area contributed by atoms with E-state index < -0.39 is 0 Å². The van der Waals surface area contributed by atoms with Crippen molar-refractivity contribution in [2.45, 2.75) is 47.0 Å². The van der Waals surface area contributed by atoms with Crippen molar-refractivity contribution >= 4 is 23.4 Å². The number of carbonyl (C=O) groups is 2. The van der Waals surface area contributed by atoms with Gasteiger partial charge in [-0.05, 0) is 36.6 Å². The first kappa shape index (κ1) is 25.0. The highest BCUT2D eigenvalue weighted by Crippen LogP contribution is 2.27. The third-order valence-corrected chi connectivity index (χ3v) is 5.32. The molecule has 2 N–H and O–H groups in total. The number of nitrogens with one attached hydrogen (secondary N) is 2. The van der Waals surface area contributed by atoms with E-state index in [9.17, 15) is 9.59 Å². The van der Waals surface area contributed by atoms with Crippen LogP contribution < -0.4 is 10.6 Å². The third-order valence-electron chi connectivity index (χ3n) is 5.32. The number of rotatable bonds is 7. The predicted octanol–water partition coefficient (Wildman–Crippen LogP) is 5.61. The van der Waals surface area contributed by atoms with Gasteiger partial charge in [0.05, 0.1) is 11.4 Å². The second-order valence-electron chi connectivity index (χ2n) is 9.98. The van der Waals surface area contributed by atoms with E-state index in [0.717, 1.165) is 16.9 Å². The molecule has 0 unspecified atom stereocenters. The van der Waals surface area contributed by atoms with Crippen LogP contribution in [0, 0.1) is 12.8 Å². The summed E-state index contributed by atoms with van der Waals surface area (Å²) in [6.07, 6.45) is 0. The van der Waals surface area contributed by atoms with Crippen molar-refractivity contribution in [2.75, 3.05) is 23.7 Å². The molecular formula is C27H35N5O2.